The van der Waals surface area contributed by atoms with E-state index in [-0.39, 0.29) is 5.82 Å². The largest absolute Gasteiger partial charge is 0.493 e. The van der Waals surface area contributed by atoms with Gasteiger partial charge in [-0.05, 0) is 182 Å². The lowest BCUT2D eigenvalue weighted by molar-refractivity contribution is 0.355. The van der Waals surface area contributed by atoms with Crippen molar-refractivity contribution < 1.29 is 13.9 Å². The monoisotopic (exact) mass is 1630 g/mol. The van der Waals surface area contributed by atoms with Crippen LogP contribution in [-0.4, -0.2) is 81.5 Å². The molecule has 0 unspecified atom stereocenters. The molecule has 582 valence electrons. The molecule has 9 aromatic heterocycles. The molecule has 0 bridgehead atoms. The van der Waals surface area contributed by atoms with Crippen LogP contribution in [0, 0.1) is 19.7 Å². The van der Waals surface area contributed by atoms with Crippen molar-refractivity contribution in [3.05, 3.63) is 328 Å². The van der Waals surface area contributed by atoms with Gasteiger partial charge in [0.05, 0.1) is 103 Å². The summed E-state index contributed by atoms with van der Waals surface area (Å²) in [4.78, 5) is 25.7. The second-order valence-corrected chi connectivity index (χ2v) is 30.6. The number of nitrogens with one attached hydrogen (secondary N) is 2. The lowest BCUT2D eigenvalue weighted by atomic mass is 10.1. The van der Waals surface area contributed by atoms with Gasteiger partial charge >= 0.3 is 0 Å². The minimum Gasteiger partial charge on any atom is -0.493 e. The molecule has 19 rings (SSSR count). The first-order valence-corrected chi connectivity index (χ1v) is 41.1. The van der Waals surface area contributed by atoms with E-state index in [1.165, 1.54) is 38.0 Å². The molecule has 116 heavy (non-hydrogen) atoms. The van der Waals surface area contributed by atoms with E-state index in [1.54, 1.807) is 49.3 Å². The van der Waals surface area contributed by atoms with Gasteiger partial charge in [-0.15, -0.1) is 22.7 Å². The van der Waals surface area contributed by atoms with Crippen LogP contribution < -0.4 is 20.1 Å². The Balaban J connectivity index is 0.000000116. The van der Waals surface area contributed by atoms with Gasteiger partial charge in [-0.2, -0.15) is 10.2 Å². The molecule has 0 atom stereocenters. The van der Waals surface area contributed by atoms with E-state index < -0.39 is 0 Å². The zero-order valence-electron chi connectivity index (χ0n) is 65.8. The molecule has 19 aromatic rings. The maximum Gasteiger partial charge on any atom is 0.204 e. The predicted molar refractivity (Wildman–Crippen MR) is 476 cm³/mol. The first-order valence-electron chi connectivity index (χ1n) is 38.5. The van der Waals surface area contributed by atoms with Gasteiger partial charge in [0.2, 0.25) is 11.9 Å². The average Bonchev–Trinajstić information content (AvgIpc) is 1.65. The zero-order chi connectivity index (χ0) is 80.0. The molecular formula is C94H88BrFN16O2S2. The summed E-state index contributed by atoms with van der Waals surface area (Å²) in [7, 11) is 7.33. The molecular weight excluding hydrogens is 1550 g/mol. The quantitative estimate of drug-likeness (QED) is 0.0745. The highest BCUT2D eigenvalue weighted by molar-refractivity contribution is 9.10. The van der Waals surface area contributed by atoms with Crippen LogP contribution in [0.1, 0.15) is 54.5 Å². The lowest BCUT2D eigenvalue weighted by Gasteiger charge is -2.09. The van der Waals surface area contributed by atoms with E-state index >= 15 is 0 Å². The highest BCUT2D eigenvalue weighted by atomic mass is 79.9. The van der Waals surface area contributed by atoms with Crippen molar-refractivity contribution >= 4 is 106 Å². The molecule has 2 N–H and O–H groups in total. The molecule has 9 heterocycles. The van der Waals surface area contributed by atoms with Crippen LogP contribution in [0.2, 0.25) is 0 Å². The third-order valence-electron chi connectivity index (χ3n) is 20.0. The van der Waals surface area contributed by atoms with Crippen molar-refractivity contribution in [1.29, 1.82) is 0 Å². The molecule has 0 saturated heterocycles. The number of rotatable bonds is 20. The first-order chi connectivity index (χ1) is 56.8. The molecule has 0 aliphatic heterocycles. The number of ether oxygens (including phenoxy) is 2. The second kappa shape index (κ2) is 36.4. The van der Waals surface area contributed by atoms with E-state index in [4.69, 9.17) is 29.6 Å². The van der Waals surface area contributed by atoms with Gasteiger partial charge in [-0.25, -0.2) is 38.7 Å². The minimum atomic E-state index is -0.173. The molecule has 0 saturated carbocycles. The summed E-state index contributed by atoms with van der Waals surface area (Å²) in [6.07, 6.45) is 8.12. The smallest absolute Gasteiger partial charge is 0.204 e. The number of anilines is 2. The Hall–Kier alpha value is -13.0. The number of fused-ring (bicyclic) bond motifs is 5. The zero-order valence-corrected chi connectivity index (χ0v) is 69.0. The topological polar surface area (TPSA) is 167 Å². The fraction of sp³-hybridized carbons (Fsp3) is 0.160. The number of benzene rings is 10. The van der Waals surface area contributed by atoms with Gasteiger partial charge in [0.15, 0.2) is 11.5 Å². The van der Waals surface area contributed by atoms with Crippen LogP contribution in [0.15, 0.2) is 295 Å². The van der Waals surface area contributed by atoms with Crippen molar-refractivity contribution in [2.75, 3.05) is 24.9 Å². The number of methoxy groups -OCH3 is 2. The summed E-state index contributed by atoms with van der Waals surface area (Å²) in [5, 5.41) is 21.1. The summed E-state index contributed by atoms with van der Waals surface area (Å²) in [6.45, 7) is 12.2. The number of hydrogen-bond acceptors (Lipinski definition) is 13. The molecule has 18 nitrogen and oxygen atoms in total. The lowest BCUT2D eigenvalue weighted by Crippen LogP contribution is -2.07. The van der Waals surface area contributed by atoms with Crippen molar-refractivity contribution in [2.24, 2.45) is 14.1 Å². The van der Waals surface area contributed by atoms with E-state index in [2.05, 4.69) is 232 Å². The Morgan fingerprint density at radius 1 is 0.431 bits per heavy atom. The molecule has 0 radical (unpaired) electrons. The third-order valence-corrected chi connectivity index (χ3v) is 22.3. The molecule has 0 aliphatic carbocycles. The molecule has 0 fully saturated rings. The van der Waals surface area contributed by atoms with Gasteiger partial charge in [0.25, 0.3) is 0 Å². The third kappa shape index (κ3) is 17.5. The summed E-state index contributed by atoms with van der Waals surface area (Å²) in [5.41, 5.74) is 22.4. The summed E-state index contributed by atoms with van der Waals surface area (Å²) >= 11 is 6.91. The number of halogens is 2. The van der Waals surface area contributed by atoms with E-state index in [1.807, 2.05) is 155 Å². The van der Waals surface area contributed by atoms with E-state index in [9.17, 15) is 4.39 Å². The standard InChI is InChI=1S/2C24H23N5S.C16H15FN2.C16H16N2O2.C14H11BrN2/c2*1-2-14-28-21-12-7-6-11-20(21)26-24(28)25-16-18-17-29(19-9-4-3-5-10-19)27-23(18)22-13-8-15-30-22;1-11-7-15-16(8-12(11)2)19(10-18-15)9-13-5-3-4-6-14(13)17;1-18-13-7-5-4-6-12(13)17-16(18)11-8-9-14(19-2)15(10-11)20-3;1-17-13-8-3-2-7-12(13)16-14(17)10-5-4-6-11(15)9-10/h2*3-13,15,17H,2,14,16H2,1H3,(H,25,26);3-8,10H,9H2,1-2H3;4-10H,1-3H3;2-9H,1H3. The second-order valence-electron chi connectivity index (χ2n) is 27.8. The number of thiophene rings is 2. The first kappa shape index (κ1) is 78.3. The van der Waals surface area contributed by atoms with Crippen molar-refractivity contribution in [3.63, 3.8) is 0 Å². The Labute approximate surface area is 689 Å². The van der Waals surface area contributed by atoms with Gasteiger partial charge in [0.1, 0.15) is 28.9 Å². The van der Waals surface area contributed by atoms with Crippen LogP contribution in [-0.2, 0) is 46.8 Å². The van der Waals surface area contributed by atoms with Crippen LogP contribution in [0.5, 0.6) is 11.5 Å². The van der Waals surface area contributed by atoms with E-state index in [0.717, 1.165) is 149 Å². The number of nitrogens with zero attached hydrogens (tertiary/aromatic N) is 14. The van der Waals surface area contributed by atoms with Crippen LogP contribution in [0.4, 0.5) is 16.3 Å². The molecule has 0 amide bonds. The Morgan fingerprint density at radius 2 is 0.897 bits per heavy atom. The Kier molecular flexibility index (Phi) is 24.6. The fourth-order valence-corrected chi connectivity index (χ4v) is 16.0. The van der Waals surface area contributed by atoms with Crippen LogP contribution in [0.25, 0.3) is 110 Å². The maximum atomic E-state index is 13.7. The van der Waals surface area contributed by atoms with Crippen molar-refractivity contribution in [3.8, 4) is 66.8 Å². The van der Waals surface area contributed by atoms with Crippen LogP contribution in [0.3, 0.4) is 0 Å². The van der Waals surface area contributed by atoms with Gasteiger partial charge < -0.3 is 42.9 Å². The van der Waals surface area contributed by atoms with Crippen molar-refractivity contribution in [1.82, 2.24) is 67.3 Å². The van der Waals surface area contributed by atoms with Crippen molar-refractivity contribution in [2.45, 2.75) is 73.3 Å². The number of para-hydroxylation sites is 10. The molecule has 0 aliphatic rings. The van der Waals surface area contributed by atoms with Gasteiger partial charge in [0, 0.05) is 85.0 Å². The average molecular weight is 1640 g/mol. The van der Waals surface area contributed by atoms with Gasteiger partial charge in [-0.1, -0.05) is 157 Å². The van der Waals surface area contributed by atoms with Crippen LogP contribution >= 0.6 is 38.6 Å². The minimum absolute atomic E-state index is 0.173. The summed E-state index contributed by atoms with van der Waals surface area (Å²) < 4.78 is 40.0. The molecule has 10 aromatic carbocycles. The highest BCUT2D eigenvalue weighted by Crippen LogP contribution is 2.36. The Bertz CT molecular complexity index is 6300. The van der Waals surface area contributed by atoms with Gasteiger partial charge in [-0.3, -0.25) is 0 Å². The SMILES string of the molecule is CCCn1c(NCc2cn(-c3ccccc3)nc2-c2cccs2)nc2ccccc21.CCCn1c(NCc2cn(-c3ccccc3)nc2-c2cccs2)nc2ccccc21.COc1ccc(-c2nc3ccccc3n2C)cc1OC.Cc1cc2ncn(Cc3ccccc3F)c2cc1C.Cn1c(-c2cccc(Br)c2)nc2ccccc21. The summed E-state index contributed by atoms with van der Waals surface area (Å²) in [6, 6.07) is 86.8. The fourth-order valence-electron chi connectivity index (χ4n) is 14.1. The predicted octanol–water partition coefficient (Wildman–Crippen LogP) is 23.0. The highest BCUT2D eigenvalue weighted by Gasteiger charge is 2.20. The maximum absolute atomic E-state index is 13.7. The molecule has 0 spiro atoms. The normalized spacial score (nSPS) is 11.1. The number of aryl methyl sites for hydroxylation is 6. The number of imidazole rings is 5. The number of aromatic nitrogens is 14. The number of hydrogen-bond donors (Lipinski definition) is 2. The molecule has 22 heteroatoms. The summed E-state index contributed by atoms with van der Waals surface area (Å²) in [5.74, 6) is 4.96. The Morgan fingerprint density at radius 3 is 1.37 bits per heavy atom. The van der Waals surface area contributed by atoms with E-state index in [0.29, 0.717) is 30.9 Å².